The Balaban J connectivity index is 1.91. The number of carbonyl (C=O) groups excluding carboxylic acids is 1. The van der Waals surface area contributed by atoms with Gasteiger partial charge >= 0.3 is 5.97 Å². The molecule has 0 bridgehead atoms. The molecule has 0 radical (unpaired) electrons. The third kappa shape index (κ3) is 5.13. The molecule has 7 nitrogen and oxygen atoms in total. The first-order chi connectivity index (χ1) is 13.8. The molecule has 0 saturated heterocycles. The number of aliphatic imine (C=N–C) groups is 1. The number of benzene rings is 2. The van der Waals surface area contributed by atoms with Crippen LogP contribution < -0.4 is 4.74 Å². The normalized spacial score (nSPS) is 15.8. The molecule has 0 saturated carbocycles. The number of carbonyl (C=O) groups is 1. The van der Waals surface area contributed by atoms with Gasteiger partial charge in [0, 0.05) is 17.7 Å². The van der Waals surface area contributed by atoms with E-state index in [1.807, 2.05) is 19.1 Å². The lowest BCUT2D eigenvalue weighted by atomic mass is 10.2. The van der Waals surface area contributed by atoms with Crippen molar-refractivity contribution < 1.29 is 19.2 Å². The lowest BCUT2D eigenvalue weighted by Crippen LogP contribution is -2.11. The highest BCUT2D eigenvalue weighted by Crippen LogP contribution is 2.31. The Morgan fingerprint density at radius 1 is 1.28 bits per heavy atom. The maximum Gasteiger partial charge on any atom is 0.363 e. The first-order valence-electron chi connectivity index (χ1n) is 8.71. The number of esters is 1. The van der Waals surface area contributed by atoms with E-state index in [-0.39, 0.29) is 23.4 Å². The van der Waals surface area contributed by atoms with Crippen molar-refractivity contribution >= 4 is 68.8 Å². The lowest BCUT2D eigenvalue weighted by Gasteiger charge is -2.16. The summed E-state index contributed by atoms with van der Waals surface area (Å²) < 4.78 is 13.0. The van der Waals surface area contributed by atoms with Crippen LogP contribution in [0.25, 0.3) is 6.08 Å². The van der Waals surface area contributed by atoms with E-state index < -0.39 is 10.9 Å². The predicted molar refractivity (Wildman–Crippen MR) is 126 cm³/mol. The smallest absolute Gasteiger partial charge is 0.363 e. The highest BCUT2D eigenvalue weighted by atomic mass is 127. The Morgan fingerprint density at radius 2 is 1.97 bits per heavy atom. The predicted octanol–water partition coefficient (Wildman–Crippen LogP) is 5.33. The summed E-state index contributed by atoms with van der Waals surface area (Å²) in [6, 6.07) is 9.62. The molecule has 3 rings (SSSR count). The summed E-state index contributed by atoms with van der Waals surface area (Å²) in [6.07, 6.45) is 2.64. The summed E-state index contributed by atoms with van der Waals surface area (Å²) in [5.41, 5.74) is 1.19. The van der Waals surface area contributed by atoms with E-state index in [9.17, 15) is 14.9 Å². The van der Waals surface area contributed by atoms with Gasteiger partial charge in [0.1, 0.15) is 5.75 Å². The molecule has 1 atom stereocenters. The van der Waals surface area contributed by atoms with Crippen molar-refractivity contribution in [3.05, 3.63) is 70.5 Å². The van der Waals surface area contributed by atoms with Crippen LogP contribution >= 0.6 is 45.2 Å². The number of non-ortho nitro benzene ring substituents is 1. The van der Waals surface area contributed by atoms with Crippen molar-refractivity contribution in [1.29, 1.82) is 0 Å². The van der Waals surface area contributed by atoms with Crippen LogP contribution in [0.1, 0.15) is 31.4 Å². The van der Waals surface area contributed by atoms with Crippen LogP contribution in [0, 0.1) is 17.3 Å². The van der Waals surface area contributed by atoms with Gasteiger partial charge in [-0.3, -0.25) is 10.1 Å². The summed E-state index contributed by atoms with van der Waals surface area (Å²) in [5.74, 6) is 0.264. The fourth-order valence-corrected chi connectivity index (χ4v) is 4.57. The number of ether oxygens (including phenoxy) is 2. The van der Waals surface area contributed by atoms with E-state index in [0.717, 1.165) is 24.9 Å². The first-order valence-corrected chi connectivity index (χ1v) is 10.9. The second-order valence-corrected chi connectivity index (χ2v) is 8.62. The molecule has 1 heterocycles. The van der Waals surface area contributed by atoms with E-state index in [1.54, 1.807) is 12.1 Å². The fourth-order valence-electron chi connectivity index (χ4n) is 2.50. The second kappa shape index (κ2) is 9.20. The highest BCUT2D eigenvalue weighted by molar-refractivity contribution is 14.1. The van der Waals surface area contributed by atoms with Crippen molar-refractivity contribution in [1.82, 2.24) is 0 Å². The number of rotatable bonds is 6. The molecule has 1 aliphatic rings. The fraction of sp³-hybridized carbons (Fsp3) is 0.200. The van der Waals surface area contributed by atoms with Crippen LogP contribution in [0.3, 0.4) is 0 Å². The van der Waals surface area contributed by atoms with Crippen LogP contribution in [-0.4, -0.2) is 22.9 Å². The SMILES string of the molecule is CCC(C)Oc1c(I)cc(/C=C2\N=C(c3cccc([N+](=O)[O-])c3)OC2=O)cc1I. The molecule has 2 aromatic rings. The van der Waals surface area contributed by atoms with Crippen molar-refractivity contribution in [3.8, 4) is 5.75 Å². The Morgan fingerprint density at radius 3 is 2.59 bits per heavy atom. The number of nitrogens with zero attached hydrogens (tertiary/aromatic N) is 2. The van der Waals surface area contributed by atoms with Crippen molar-refractivity contribution in [3.63, 3.8) is 0 Å². The second-order valence-electron chi connectivity index (χ2n) is 6.29. The number of nitro benzene ring substituents is 1. The van der Waals surface area contributed by atoms with Crippen LogP contribution in [0.5, 0.6) is 5.75 Å². The summed E-state index contributed by atoms with van der Waals surface area (Å²) in [6.45, 7) is 4.08. The van der Waals surface area contributed by atoms with Crippen molar-refractivity contribution in [2.75, 3.05) is 0 Å². The van der Waals surface area contributed by atoms with Gasteiger partial charge in [-0.25, -0.2) is 9.79 Å². The van der Waals surface area contributed by atoms with Crippen LogP contribution in [0.15, 0.2) is 47.1 Å². The monoisotopic (exact) mass is 618 g/mol. The summed E-state index contributed by atoms with van der Waals surface area (Å²) >= 11 is 4.40. The zero-order chi connectivity index (χ0) is 21.1. The number of cyclic esters (lactones) is 1. The van der Waals surface area contributed by atoms with Crippen LogP contribution in [0.2, 0.25) is 0 Å². The minimum absolute atomic E-state index is 0.0473. The third-order valence-corrected chi connectivity index (χ3v) is 5.74. The van der Waals surface area contributed by atoms with Gasteiger partial charge in [0.2, 0.25) is 5.90 Å². The third-order valence-electron chi connectivity index (χ3n) is 4.14. The summed E-state index contributed by atoms with van der Waals surface area (Å²) in [5, 5.41) is 11.0. The molecule has 0 fully saturated rings. The lowest BCUT2D eigenvalue weighted by molar-refractivity contribution is -0.384. The van der Waals surface area contributed by atoms with Crippen LogP contribution in [-0.2, 0) is 9.53 Å². The first kappa shape index (κ1) is 21.7. The van der Waals surface area contributed by atoms with Gasteiger partial charge in [0.25, 0.3) is 5.69 Å². The molecule has 1 aliphatic heterocycles. The van der Waals surface area contributed by atoms with Gasteiger partial charge in [-0.1, -0.05) is 13.0 Å². The Hall–Kier alpha value is -2.02. The van der Waals surface area contributed by atoms with Gasteiger partial charge < -0.3 is 9.47 Å². The molecule has 0 aromatic heterocycles. The van der Waals surface area contributed by atoms with Crippen molar-refractivity contribution in [2.45, 2.75) is 26.4 Å². The average molecular weight is 618 g/mol. The summed E-state index contributed by atoms with van der Waals surface area (Å²) in [4.78, 5) is 26.9. The molecule has 1 unspecified atom stereocenters. The molecule has 0 spiro atoms. The molecule has 9 heteroatoms. The van der Waals surface area contributed by atoms with Gasteiger partial charge in [0.05, 0.1) is 18.2 Å². The van der Waals surface area contributed by atoms with Crippen molar-refractivity contribution in [2.24, 2.45) is 4.99 Å². The molecule has 0 aliphatic carbocycles. The standard InChI is InChI=1S/C20H16I2N2O5/c1-3-11(2)28-18-15(21)7-12(8-16(18)22)9-17-20(25)29-19(23-17)13-5-4-6-14(10-13)24(26)27/h4-11H,3H2,1-2H3/b17-9-. The maximum atomic E-state index is 12.2. The highest BCUT2D eigenvalue weighted by Gasteiger charge is 2.25. The molecule has 150 valence electrons. The Bertz CT molecular complexity index is 1030. The molecule has 2 aromatic carbocycles. The Kier molecular flexibility index (Phi) is 6.88. The van der Waals surface area contributed by atoms with E-state index in [2.05, 4.69) is 57.1 Å². The van der Waals surface area contributed by atoms with Gasteiger partial charge in [-0.2, -0.15) is 0 Å². The molecular formula is C20H16I2N2O5. The minimum atomic E-state index is -0.601. The number of halogens is 2. The summed E-state index contributed by atoms with van der Waals surface area (Å²) in [7, 11) is 0. The number of hydrogen-bond donors (Lipinski definition) is 0. The minimum Gasteiger partial charge on any atom is -0.489 e. The largest absolute Gasteiger partial charge is 0.489 e. The molecule has 29 heavy (non-hydrogen) atoms. The van der Waals surface area contributed by atoms with E-state index in [4.69, 9.17) is 9.47 Å². The van der Waals surface area contributed by atoms with Gasteiger partial charge in [-0.15, -0.1) is 0 Å². The van der Waals surface area contributed by atoms with Crippen LogP contribution in [0.4, 0.5) is 5.69 Å². The average Bonchev–Trinajstić information content (AvgIpc) is 3.05. The maximum absolute atomic E-state index is 12.2. The number of hydrogen-bond acceptors (Lipinski definition) is 6. The number of nitro groups is 1. The Labute approximate surface area is 194 Å². The zero-order valence-corrected chi connectivity index (χ0v) is 19.8. The van der Waals surface area contributed by atoms with E-state index in [1.165, 1.54) is 18.2 Å². The van der Waals surface area contributed by atoms with E-state index >= 15 is 0 Å². The molecule has 0 N–H and O–H groups in total. The topological polar surface area (TPSA) is 91.0 Å². The van der Waals surface area contributed by atoms with E-state index in [0.29, 0.717) is 5.56 Å². The molecule has 0 amide bonds. The quantitative estimate of drug-likeness (QED) is 0.144. The van der Waals surface area contributed by atoms with Gasteiger partial charge in [-0.05, 0) is 88.4 Å². The van der Waals surface area contributed by atoms with Gasteiger partial charge in [0.15, 0.2) is 5.70 Å². The zero-order valence-electron chi connectivity index (χ0n) is 15.5. The molecular weight excluding hydrogens is 602 g/mol.